The Bertz CT molecular complexity index is 403. The Labute approximate surface area is 121 Å². The predicted molar refractivity (Wildman–Crippen MR) is 80.7 cm³/mol. The van der Waals surface area contributed by atoms with Gasteiger partial charge in [0.05, 0.1) is 6.42 Å². The number of hydrogen-bond acceptors (Lipinski definition) is 2. The van der Waals surface area contributed by atoms with E-state index in [1.807, 2.05) is 31.2 Å². The third-order valence-corrected chi connectivity index (χ3v) is 3.65. The number of carbonyl (C=O) groups excluding carboxylic acids is 1. The van der Waals surface area contributed by atoms with Gasteiger partial charge in [-0.15, -0.1) is 12.4 Å². The molecule has 0 aromatic heterocycles. The molecule has 19 heavy (non-hydrogen) atoms. The molecular weight excluding hydrogens is 260 g/mol. The lowest BCUT2D eigenvalue weighted by atomic mass is 10.0. The van der Waals surface area contributed by atoms with Crippen molar-refractivity contribution in [3.63, 3.8) is 0 Å². The fourth-order valence-electron chi connectivity index (χ4n) is 2.42. The first-order valence-corrected chi connectivity index (χ1v) is 6.77. The van der Waals surface area contributed by atoms with Crippen LogP contribution in [0.15, 0.2) is 24.3 Å². The molecule has 1 atom stereocenters. The Morgan fingerprint density at radius 3 is 2.89 bits per heavy atom. The number of benzene rings is 1. The molecule has 1 fully saturated rings. The molecule has 0 saturated carbocycles. The molecule has 1 amide bonds. The Hall–Kier alpha value is -1.06. The maximum absolute atomic E-state index is 11.8. The quantitative estimate of drug-likeness (QED) is 0.868. The minimum atomic E-state index is 0. The van der Waals surface area contributed by atoms with E-state index in [1.54, 1.807) is 0 Å². The first-order chi connectivity index (χ1) is 8.75. The van der Waals surface area contributed by atoms with Crippen molar-refractivity contribution >= 4 is 18.3 Å². The van der Waals surface area contributed by atoms with Crippen LogP contribution in [0.5, 0.6) is 0 Å². The average molecular weight is 283 g/mol. The van der Waals surface area contributed by atoms with Crippen LogP contribution in [-0.4, -0.2) is 25.5 Å². The van der Waals surface area contributed by atoms with Crippen molar-refractivity contribution in [2.45, 2.75) is 26.2 Å². The Morgan fingerprint density at radius 1 is 1.42 bits per heavy atom. The van der Waals surface area contributed by atoms with E-state index in [4.69, 9.17) is 0 Å². The molecule has 2 N–H and O–H groups in total. The number of hydrogen-bond donors (Lipinski definition) is 2. The second-order valence-electron chi connectivity index (χ2n) is 5.10. The van der Waals surface area contributed by atoms with E-state index in [0.29, 0.717) is 6.42 Å². The minimum absolute atomic E-state index is 0. The van der Waals surface area contributed by atoms with Crippen LogP contribution in [0.4, 0.5) is 0 Å². The molecule has 3 nitrogen and oxygen atoms in total. The van der Waals surface area contributed by atoms with Gasteiger partial charge in [-0.05, 0) is 49.9 Å². The molecule has 0 bridgehead atoms. The molecule has 1 unspecified atom stereocenters. The van der Waals surface area contributed by atoms with Gasteiger partial charge in [-0.3, -0.25) is 4.79 Å². The Morgan fingerprint density at radius 2 is 2.21 bits per heavy atom. The monoisotopic (exact) mass is 282 g/mol. The molecule has 1 aliphatic heterocycles. The van der Waals surface area contributed by atoms with Crippen molar-refractivity contribution in [1.82, 2.24) is 10.6 Å². The summed E-state index contributed by atoms with van der Waals surface area (Å²) < 4.78 is 0. The van der Waals surface area contributed by atoms with Gasteiger partial charge in [0.15, 0.2) is 0 Å². The lowest BCUT2D eigenvalue weighted by Crippen LogP contribution is -2.28. The van der Waals surface area contributed by atoms with Crippen molar-refractivity contribution < 1.29 is 4.79 Å². The zero-order valence-electron chi connectivity index (χ0n) is 11.4. The second kappa shape index (κ2) is 8.18. The van der Waals surface area contributed by atoms with E-state index in [-0.39, 0.29) is 18.3 Å². The highest BCUT2D eigenvalue weighted by Crippen LogP contribution is 2.11. The first kappa shape index (κ1) is 16.0. The summed E-state index contributed by atoms with van der Waals surface area (Å²) in [5, 5.41) is 6.36. The molecule has 2 rings (SSSR count). The summed E-state index contributed by atoms with van der Waals surface area (Å²) >= 11 is 0. The molecular formula is C15H23ClN2O. The fraction of sp³-hybridized carbons (Fsp3) is 0.533. The maximum atomic E-state index is 11.8. The maximum Gasteiger partial charge on any atom is 0.224 e. The number of carbonyl (C=O) groups is 1. The van der Waals surface area contributed by atoms with Gasteiger partial charge in [0.25, 0.3) is 0 Å². The van der Waals surface area contributed by atoms with E-state index >= 15 is 0 Å². The van der Waals surface area contributed by atoms with Crippen LogP contribution in [0.3, 0.4) is 0 Å². The molecule has 0 aliphatic carbocycles. The largest absolute Gasteiger partial charge is 0.356 e. The van der Waals surface area contributed by atoms with Crippen LogP contribution in [0.2, 0.25) is 0 Å². The molecule has 1 saturated heterocycles. The number of amides is 1. The van der Waals surface area contributed by atoms with E-state index in [2.05, 4.69) is 10.6 Å². The van der Waals surface area contributed by atoms with Crippen molar-refractivity contribution in [3.8, 4) is 0 Å². The average Bonchev–Trinajstić information content (AvgIpc) is 2.85. The van der Waals surface area contributed by atoms with Crippen LogP contribution in [-0.2, 0) is 11.2 Å². The van der Waals surface area contributed by atoms with Crippen LogP contribution >= 0.6 is 12.4 Å². The summed E-state index contributed by atoms with van der Waals surface area (Å²) in [6.45, 7) is 5.08. The van der Waals surface area contributed by atoms with E-state index < -0.39 is 0 Å². The highest BCUT2D eigenvalue weighted by atomic mass is 35.5. The normalized spacial score (nSPS) is 17.8. The molecule has 0 spiro atoms. The van der Waals surface area contributed by atoms with Gasteiger partial charge >= 0.3 is 0 Å². The minimum Gasteiger partial charge on any atom is -0.356 e. The van der Waals surface area contributed by atoms with Gasteiger partial charge in [0.1, 0.15) is 0 Å². The zero-order valence-corrected chi connectivity index (χ0v) is 12.3. The van der Waals surface area contributed by atoms with Crippen LogP contribution in [0.25, 0.3) is 0 Å². The van der Waals surface area contributed by atoms with E-state index in [1.165, 1.54) is 12.0 Å². The van der Waals surface area contributed by atoms with Crippen molar-refractivity contribution in [2.24, 2.45) is 5.92 Å². The lowest BCUT2D eigenvalue weighted by molar-refractivity contribution is -0.120. The zero-order chi connectivity index (χ0) is 12.8. The third kappa shape index (κ3) is 5.21. The summed E-state index contributed by atoms with van der Waals surface area (Å²) in [4.78, 5) is 11.8. The second-order valence-corrected chi connectivity index (χ2v) is 5.10. The van der Waals surface area contributed by atoms with Crippen LogP contribution in [0, 0.1) is 12.8 Å². The molecule has 0 radical (unpaired) electrons. The SMILES string of the molecule is Cc1ccccc1CC(=O)NCCC1CCNC1.Cl. The highest BCUT2D eigenvalue weighted by molar-refractivity contribution is 5.85. The predicted octanol–water partition coefficient (Wildman–Crippen LogP) is 2.08. The van der Waals surface area contributed by atoms with Gasteiger partial charge in [0, 0.05) is 6.54 Å². The van der Waals surface area contributed by atoms with Crippen LogP contribution < -0.4 is 10.6 Å². The standard InChI is InChI=1S/C15H22N2O.ClH/c1-12-4-2-3-5-14(12)10-15(18)17-9-7-13-6-8-16-11-13;/h2-5,13,16H,6-11H2,1H3,(H,17,18);1H. The molecule has 1 heterocycles. The number of nitrogens with one attached hydrogen (secondary N) is 2. The van der Waals surface area contributed by atoms with Crippen LogP contribution in [0.1, 0.15) is 24.0 Å². The summed E-state index contributed by atoms with van der Waals surface area (Å²) in [6, 6.07) is 8.06. The van der Waals surface area contributed by atoms with Gasteiger partial charge in [-0.2, -0.15) is 0 Å². The number of aryl methyl sites for hydroxylation is 1. The summed E-state index contributed by atoms with van der Waals surface area (Å²) in [5.41, 5.74) is 2.31. The summed E-state index contributed by atoms with van der Waals surface area (Å²) in [7, 11) is 0. The van der Waals surface area contributed by atoms with E-state index in [9.17, 15) is 4.79 Å². The van der Waals surface area contributed by atoms with Gasteiger partial charge in [-0.25, -0.2) is 0 Å². The third-order valence-electron chi connectivity index (χ3n) is 3.65. The first-order valence-electron chi connectivity index (χ1n) is 6.77. The molecule has 4 heteroatoms. The molecule has 1 aromatic rings. The summed E-state index contributed by atoms with van der Waals surface area (Å²) in [6.07, 6.45) is 2.83. The van der Waals surface area contributed by atoms with Crippen molar-refractivity contribution in [3.05, 3.63) is 35.4 Å². The molecule has 106 valence electrons. The van der Waals surface area contributed by atoms with Gasteiger partial charge in [-0.1, -0.05) is 24.3 Å². The number of halogens is 1. The van der Waals surface area contributed by atoms with Gasteiger partial charge in [0.2, 0.25) is 5.91 Å². The topological polar surface area (TPSA) is 41.1 Å². The summed E-state index contributed by atoms with van der Waals surface area (Å²) in [5.74, 6) is 0.874. The molecule has 1 aromatic carbocycles. The Balaban J connectivity index is 0.00000180. The van der Waals surface area contributed by atoms with E-state index in [0.717, 1.165) is 37.5 Å². The Kier molecular flexibility index (Phi) is 6.89. The number of rotatable bonds is 5. The van der Waals surface area contributed by atoms with Crippen molar-refractivity contribution in [2.75, 3.05) is 19.6 Å². The highest BCUT2D eigenvalue weighted by Gasteiger charge is 2.14. The molecule has 1 aliphatic rings. The smallest absolute Gasteiger partial charge is 0.224 e. The fourth-order valence-corrected chi connectivity index (χ4v) is 2.42. The lowest BCUT2D eigenvalue weighted by Gasteiger charge is -2.10. The van der Waals surface area contributed by atoms with Gasteiger partial charge < -0.3 is 10.6 Å². The van der Waals surface area contributed by atoms with Crippen molar-refractivity contribution in [1.29, 1.82) is 0 Å².